The van der Waals surface area contributed by atoms with E-state index < -0.39 is 6.04 Å². The van der Waals surface area contributed by atoms with Gasteiger partial charge in [-0.1, -0.05) is 12.1 Å². The Morgan fingerprint density at radius 1 is 1.50 bits per heavy atom. The number of hydrogen-bond donors (Lipinski definition) is 1. The van der Waals surface area contributed by atoms with Crippen LogP contribution in [0.25, 0.3) is 0 Å². The Kier molecular flexibility index (Phi) is 3.25. The Balaban J connectivity index is 3.06. The van der Waals surface area contributed by atoms with Crippen LogP contribution in [-0.2, 0) is 0 Å². The van der Waals surface area contributed by atoms with Crippen molar-refractivity contribution in [2.24, 2.45) is 5.73 Å². The van der Waals surface area contributed by atoms with E-state index in [9.17, 15) is 4.79 Å². The minimum absolute atomic E-state index is 0.0664. The summed E-state index contributed by atoms with van der Waals surface area (Å²) in [5.41, 5.74) is 7.11. The van der Waals surface area contributed by atoms with Gasteiger partial charge >= 0.3 is 0 Å². The van der Waals surface area contributed by atoms with E-state index in [-0.39, 0.29) is 5.78 Å². The van der Waals surface area contributed by atoms with Crippen LogP contribution in [0.4, 0.5) is 0 Å². The van der Waals surface area contributed by atoms with Crippen molar-refractivity contribution in [3.05, 3.63) is 29.3 Å². The molecule has 0 amide bonds. The fourth-order valence-corrected chi connectivity index (χ4v) is 1.24. The van der Waals surface area contributed by atoms with Crippen molar-refractivity contribution in [2.45, 2.75) is 19.9 Å². The summed E-state index contributed by atoms with van der Waals surface area (Å²) in [6, 6.07) is 4.88. The van der Waals surface area contributed by atoms with Crippen LogP contribution in [0.2, 0.25) is 0 Å². The monoisotopic (exact) mass is 193 g/mol. The third-order valence-electron chi connectivity index (χ3n) is 2.11. The van der Waals surface area contributed by atoms with E-state index in [0.717, 1.165) is 11.3 Å². The zero-order valence-corrected chi connectivity index (χ0v) is 8.70. The molecule has 76 valence electrons. The van der Waals surface area contributed by atoms with Gasteiger partial charge in [0.05, 0.1) is 13.2 Å². The number of nitrogens with two attached hydrogens (primary N) is 1. The van der Waals surface area contributed by atoms with Crippen molar-refractivity contribution in [1.82, 2.24) is 0 Å². The van der Waals surface area contributed by atoms with Crippen molar-refractivity contribution in [3.63, 3.8) is 0 Å². The maximum atomic E-state index is 11.5. The van der Waals surface area contributed by atoms with Crippen LogP contribution in [0.1, 0.15) is 22.8 Å². The minimum Gasteiger partial charge on any atom is -0.496 e. The second kappa shape index (κ2) is 4.24. The molecule has 1 atom stereocenters. The quantitative estimate of drug-likeness (QED) is 0.741. The maximum absolute atomic E-state index is 11.5. The number of rotatable bonds is 3. The van der Waals surface area contributed by atoms with E-state index in [1.807, 2.05) is 13.0 Å². The van der Waals surface area contributed by atoms with Crippen molar-refractivity contribution < 1.29 is 9.53 Å². The van der Waals surface area contributed by atoms with Gasteiger partial charge in [-0.05, 0) is 25.5 Å². The lowest BCUT2D eigenvalue weighted by Gasteiger charge is -2.08. The molecular weight excluding hydrogens is 178 g/mol. The number of ketones is 1. The molecule has 0 aromatic heterocycles. The fourth-order valence-electron chi connectivity index (χ4n) is 1.24. The first-order valence-corrected chi connectivity index (χ1v) is 4.50. The molecule has 3 heteroatoms. The number of methoxy groups -OCH3 is 1. The van der Waals surface area contributed by atoms with E-state index in [1.54, 1.807) is 26.2 Å². The lowest BCUT2D eigenvalue weighted by Crippen LogP contribution is -2.26. The molecule has 0 bridgehead atoms. The van der Waals surface area contributed by atoms with Crippen LogP contribution < -0.4 is 10.5 Å². The molecule has 0 aliphatic heterocycles. The van der Waals surface area contributed by atoms with Crippen LogP contribution in [0.15, 0.2) is 18.2 Å². The second-order valence-electron chi connectivity index (χ2n) is 3.34. The highest BCUT2D eigenvalue weighted by atomic mass is 16.5. The van der Waals surface area contributed by atoms with Gasteiger partial charge in [-0.3, -0.25) is 4.79 Å². The topological polar surface area (TPSA) is 52.3 Å². The molecule has 1 rings (SSSR count). The summed E-state index contributed by atoms with van der Waals surface area (Å²) >= 11 is 0. The molecule has 0 spiro atoms. The van der Waals surface area contributed by atoms with Crippen LogP contribution in [0, 0.1) is 6.92 Å². The Hall–Kier alpha value is -1.35. The zero-order chi connectivity index (χ0) is 10.7. The van der Waals surface area contributed by atoms with Crippen LogP contribution in [0.5, 0.6) is 5.75 Å². The maximum Gasteiger partial charge on any atom is 0.179 e. The van der Waals surface area contributed by atoms with E-state index in [1.165, 1.54) is 0 Å². The first-order chi connectivity index (χ1) is 6.56. The van der Waals surface area contributed by atoms with E-state index in [2.05, 4.69) is 0 Å². The Morgan fingerprint density at radius 3 is 2.64 bits per heavy atom. The Labute approximate surface area is 83.9 Å². The van der Waals surface area contributed by atoms with E-state index in [4.69, 9.17) is 10.5 Å². The molecule has 2 N–H and O–H groups in total. The molecule has 0 saturated carbocycles. The van der Waals surface area contributed by atoms with E-state index in [0.29, 0.717) is 5.56 Å². The normalized spacial score (nSPS) is 12.3. The number of benzene rings is 1. The highest BCUT2D eigenvalue weighted by Crippen LogP contribution is 2.19. The molecule has 3 nitrogen and oxygen atoms in total. The number of carbonyl (C=O) groups excluding carboxylic acids is 1. The van der Waals surface area contributed by atoms with Gasteiger partial charge in [0.15, 0.2) is 5.78 Å². The zero-order valence-electron chi connectivity index (χ0n) is 8.70. The van der Waals surface area contributed by atoms with Gasteiger partial charge in [0.2, 0.25) is 0 Å². The minimum atomic E-state index is -0.470. The summed E-state index contributed by atoms with van der Waals surface area (Å²) in [5.74, 6) is 0.653. The summed E-state index contributed by atoms with van der Waals surface area (Å²) in [6.07, 6.45) is 0. The van der Waals surface area contributed by atoms with Crippen LogP contribution >= 0.6 is 0 Å². The van der Waals surface area contributed by atoms with Gasteiger partial charge in [-0.2, -0.15) is 0 Å². The van der Waals surface area contributed by atoms with E-state index >= 15 is 0 Å². The van der Waals surface area contributed by atoms with Crippen molar-refractivity contribution in [2.75, 3.05) is 7.11 Å². The molecule has 0 saturated heterocycles. The summed E-state index contributed by atoms with van der Waals surface area (Å²) in [4.78, 5) is 11.5. The SMILES string of the molecule is COc1cc(C(=O)C(C)N)ccc1C. The summed E-state index contributed by atoms with van der Waals surface area (Å²) in [5, 5.41) is 0. The summed E-state index contributed by atoms with van der Waals surface area (Å²) < 4.78 is 5.12. The first kappa shape index (κ1) is 10.7. The Bertz CT molecular complexity index is 345. The fraction of sp³-hybridized carbons (Fsp3) is 0.364. The van der Waals surface area contributed by atoms with Crippen LogP contribution in [0.3, 0.4) is 0 Å². The Morgan fingerprint density at radius 2 is 2.14 bits per heavy atom. The number of carbonyl (C=O) groups is 1. The summed E-state index contributed by atoms with van der Waals surface area (Å²) in [6.45, 7) is 3.60. The second-order valence-corrected chi connectivity index (χ2v) is 3.34. The third kappa shape index (κ3) is 2.12. The largest absolute Gasteiger partial charge is 0.496 e. The molecule has 14 heavy (non-hydrogen) atoms. The molecule has 0 aliphatic carbocycles. The molecule has 0 heterocycles. The molecule has 1 aromatic carbocycles. The lowest BCUT2D eigenvalue weighted by molar-refractivity contribution is 0.0967. The lowest BCUT2D eigenvalue weighted by atomic mass is 10.0. The van der Waals surface area contributed by atoms with Crippen molar-refractivity contribution >= 4 is 5.78 Å². The number of aryl methyl sites for hydroxylation is 1. The molecule has 0 radical (unpaired) electrons. The van der Waals surface area contributed by atoms with Gasteiger partial charge in [0, 0.05) is 5.56 Å². The first-order valence-electron chi connectivity index (χ1n) is 4.50. The molecule has 1 unspecified atom stereocenters. The molecular formula is C11H15NO2. The van der Waals surface area contributed by atoms with Crippen molar-refractivity contribution in [3.8, 4) is 5.75 Å². The number of ether oxygens (including phenoxy) is 1. The average molecular weight is 193 g/mol. The van der Waals surface area contributed by atoms with Crippen molar-refractivity contribution in [1.29, 1.82) is 0 Å². The predicted molar refractivity (Wildman–Crippen MR) is 55.7 cm³/mol. The molecule has 0 fully saturated rings. The molecule has 1 aromatic rings. The highest BCUT2D eigenvalue weighted by molar-refractivity contribution is 6.00. The highest BCUT2D eigenvalue weighted by Gasteiger charge is 2.12. The van der Waals surface area contributed by atoms with Gasteiger partial charge in [-0.25, -0.2) is 0 Å². The van der Waals surface area contributed by atoms with Crippen LogP contribution in [-0.4, -0.2) is 18.9 Å². The average Bonchev–Trinajstić information content (AvgIpc) is 2.17. The standard InChI is InChI=1S/C11H15NO2/c1-7-4-5-9(6-10(7)14-3)11(13)8(2)12/h4-6,8H,12H2,1-3H3. The predicted octanol–water partition coefficient (Wildman–Crippen LogP) is 1.53. The van der Waals surface area contributed by atoms with Gasteiger partial charge in [0.25, 0.3) is 0 Å². The van der Waals surface area contributed by atoms with Gasteiger partial charge < -0.3 is 10.5 Å². The third-order valence-corrected chi connectivity index (χ3v) is 2.11. The van der Waals surface area contributed by atoms with Gasteiger partial charge in [-0.15, -0.1) is 0 Å². The molecule has 0 aliphatic rings. The summed E-state index contributed by atoms with van der Waals surface area (Å²) in [7, 11) is 1.59. The number of Topliss-reactive ketones (excluding diaryl/α,β-unsaturated/α-hetero) is 1. The van der Waals surface area contributed by atoms with Gasteiger partial charge in [0.1, 0.15) is 5.75 Å². The number of hydrogen-bond acceptors (Lipinski definition) is 3. The smallest absolute Gasteiger partial charge is 0.179 e.